The van der Waals surface area contributed by atoms with Crippen LogP contribution < -0.4 is 5.73 Å². The Balaban J connectivity index is 2.56. The second-order valence-corrected chi connectivity index (χ2v) is 2.54. The molecule has 0 amide bonds. The van der Waals surface area contributed by atoms with Crippen molar-refractivity contribution in [2.45, 2.75) is 12.5 Å². The van der Waals surface area contributed by atoms with Crippen LogP contribution in [0, 0.1) is 0 Å². The van der Waals surface area contributed by atoms with Crippen LogP contribution in [0.15, 0.2) is 12.3 Å². The third kappa shape index (κ3) is 2.38. The number of nitrogens with zero attached hydrogens (tertiary/aromatic N) is 1. The number of H-pyrrole nitrogens is 1. The number of aromatic amines is 1. The first-order valence-corrected chi connectivity index (χ1v) is 3.62. The van der Waals surface area contributed by atoms with Gasteiger partial charge in [0, 0.05) is 12.6 Å². The van der Waals surface area contributed by atoms with Gasteiger partial charge >= 0.3 is 5.97 Å². The van der Waals surface area contributed by atoms with Crippen LogP contribution in [0.4, 0.5) is 0 Å². The summed E-state index contributed by atoms with van der Waals surface area (Å²) < 4.78 is 0. The van der Waals surface area contributed by atoms with Gasteiger partial charge in [-0.3, -0.25) is 14.7 Å². The highest BCUT2D eigenvalue weighted by Crippen LogP contribution is 2.00. The van der Waals surface area contributed by atoms with E-state index in [-0.39, 0.29) is 17.9 Å². The Bertz CT molecular complexity index is 307. The third-order valence-electron chi connectivity index (χ3n) is 1.52. The van der Waals surface area contributed by atoms with Crippen LogP contribution in [-0.4, -0.2) is 33.1 Å². The molecule has 1 heterocycles. The lowest BCUT2D eigenvalue weighted by Gasteiger charge is -2.02. The number of rotatable bonds is 4. The van der Waals surface area contributed by atoms with Gasteiger partial charge < -0.3 is 10.8 Å². The summed E-state index contributed by atoms with van der Waals surface area (Å²) in [6.07, 6.45) is 1.19. The van der Waals surface area contributed by atoms with Gasteiger partial charge in [-0.05, 0) is 6.07 Å². The van der Waals surface area contributed by atoms with E-state index in [1.54, 1.807) is 0 Å². The molecule has 0 aliphatic rings. The third-order valence-corrected chi connectivity index (χ3v) is 1.52. The molecule has 1 atom stereocenters. The number of aromatic nitrogens is 2. The zero-order valence-electron chi connectivity index (χ0n) is 6.73. The largest absolute Gasteiger partial charge is 0.480 e. The van der Waals surface area contributed by atoms with Gasteiger partial charge in [0.25, 0.3) is 0 Å². The second-order valence-electron chi connectivity index (χ2n) is 2.54. The Labute approximate surface area is 73.7 Å². The molecule has 6 heteroatoms. The minimum absolute atomic E-state index is 0.225. The van der Waals surface area contributed by atoms with Crippen LogP contribution in [0.1, 0.15) is 16.9 Å². The summed E-state index contributed by atoms with van der Waals surface area (Å²) in [7, 11) is 0. The molecule has 0 bridgehead atoms. The quantitative estimate of drug-likeness (QED) is 0.539. The molecule has 13 heavy (non-hydrogen) atoms. The van der Waals surface area contributed by atoms with E-state index in [4.69, 9.17) is 10.8 Å². The average molecular weight is 183 g/mol. The molecular formula is C7H9N3O3. The average Bonchev–Trinajstić information content (AvgIpc) is 2.55. The van der Waals surface area contributed by atoms with Gasteiger partial charge in [0.1, 0.15) is 11.7 Å². The fourth-order valence-corrected chi connectivity index (χ4v) is 0.808. The van der Waals surface area contributed by atoms with Crippen molar-refractivity contribution in [3.63, 3.8) is 0 Å². The Morgan fingerprint density at radius 1 is 1.69 bits per heavy atom. The molecule has 70 valence electrons. The molecule has 0 aromatic carbocycles. The first-order valence-electron chi connectivity index (χ1n) is 3.62. The highest BCUT2D eigenvalue weighted by molar-refractivity contribution is 5.96. The normalized spacial score (nSPS) is 12.4. The van der Waals surface area contributed by atoms with Crippen molar-refractivity contribution in [3.8, 4) is 0 Å². The summed E-state index contributed by atoms with van der Waals surface area (Å²) in [6.45, 7) is 0. The maximum Gasteiger partial charge on any atom is 0.320 e. The first-order chi connectivity index (χ1) is 6.11. The van der Waals surface area contributed by atoms with Crippen LogP contribution in [0.25, 0.3) is 0 Å². The van der Waals surface area contributed by atoms with Crippen LogP contribution in [0.5, 0.6) is 0 Å². The summed E-state index contributed by atoms with van der Waals surface area (Å²) in [5, 5.41) is 14.4. The number of hydrogen-bond acceptors (Lipinski definition) is 4. The molecule has 0 fully saturated rings. The fourth-order valence-electron chi connectivity index (χ4n) is 0.808. The number of aliphatic carboxylic acids is 1. The Morgan fingerprint density at radius 2 is 2.38 bits per heavy atom. The van der Waals surface area contributed by atoms with E-state index in [9.17, 15) is 9.59 Å². The lowest BCUT2D eigenvalue weighted by Crippen LogP contribution is -2.32. The highest BCUT2D eigenvalue weighted by Gasteiger charge is 2.17. The molecule has 1 rings (SSSR count). The minimum Gasteiger partial charge on any atom is -0.480 e. The molecule has 0 aliphatic heterocycles. The van der Waals surface area contributed by atoms with Crippen molar-refractivity contribution < 1.29 is 14.7 Å². The van der Waals surface area contributed by atoms with Crippen molar-refractivity contribution in [2.24, 2.45) is 5.73 Å². The second kappa shape index (κ2) is 3.81. The maximum absolute atomic E-state index is 11.2. The van der Waals surface area contributed by atoms with Gasteiger partial charge in [-0.2, -0.15) is 5.10 Å². The summed E-state index contributed by atoms with van der Waals surface area (Å²) >= 11 is 0. The number of carboxylic acid groups (broad SMARTS) is 1. The number of carbonyl (C=O) groups is 2. The van der Waals surface area contributed by atoms with E-state index in [1.165, 1.54) is 12.3 Å². The number of Topliss-reactive ketones (excluding diaryl/α,β-unsaturated/α-hetero) is 1. The van der Waals surface area contributed by atoms with Gasteiger partial charge in [0.15, 0.2) is 5.78 Å². The number of nitrogens with one attached hydrogen (secondary N) is 1. The van der Waals surface area contributed by atoms with E-state index < -0.39 is 12.0 Å². The van der Waals surface area contributed by atoms with Crippen LogP contribution >= 0.6 is 0 Å². The van der Waals surface area contributed by atoms with Gasteiger partial charge in [-0.1, -0.05) is 0 Å². The summed E-state index contributed by atoms with van der Waals surface area (Å²) in [6, 6.07) is 0.312. The molecular weight excluding hydrogens is 174 g/mol. The lowest BCUT2D eigenvalue weighted by molar-refractivity contribution is -0.138. The zero-order chi connectivity index (χ0) is 9.84. The van der Waals surface area contributed by atoms with Crippen LogP contribution in [0.2, 0.25) is 0 Å². The van der Waals surface area contributed by atoms with Crippen molar-refractivity contribution in [1.29, 1.82) is 0 Å². The van der Waals surface area contributed by atoms with E-state index in [1.807, 2.05) is 0 Å². The zero-order valence-corrected chi connectivity index (χ0v) is 6.73. The van der Waals surface area contributed by atoms with E-state index in [2.05, 4.69) is 10.2 Å². The van der Waals surface area contributed by atoms with E-state index >= 15 is 0 Å². The minimum atomic E-state index is -1.19. The van der Waals surface area contributed by atoms with Crippen molar-refractivity contribution in [2.75, 3.05) is 0 Å². The summed E-state index contributed by atoms with van der Waals surface area (Å²) in [5.41, 5.74) is 5.44. The van der Waals surface area contributed by atoms with Gasteiger partial charge in [0.2, 0.25) is 0 Å². The molecule has 6 nitrogen and oxygen atoms in total. The molecule has 0 unspecified atom stereocenters. The fraction of sp³-hybridized carbons (Fsp3) is 0.286. The van der Waals surface area contributed by atoms with Crippen molar-refractivity contribution >= 4 is 11.8 Å². The van der Waals surface area contributed by atoms with E-state index in [0.29, 0.717) is 0 Å². The summed E-state index contributed by atoms with van der Waals surface area (Å²) in [4.78, 5) is 21.5. The smallest absolute Gasteiger partial charge is 0.320 e. The van der Waals surface area contributed by atoms with Gasteiger partial charge in [0.05, 0.1) is 0 Å². The predicted octanol–water partition coefficient (Wildman–Crippen LogP) is -0.606. The lowest BCUT2D eigenvalue weighted by atomic mass is 10.1. The SMILES string of the molecule is N[C@@H](CC(=O)c1ccn[nH]1)C(=O)O. The standard InChI is InChI=1S/C7H9N3O3/c8-4(7(12)13)3-6(11)5-1-2-9-10-5/h1-2,4H,3,8H2,(H,9,10)(H,12,13)/t4-/m0/s1. The molecule has 4 N–H and O–H groups in total. The first kappa shape index (κ1) is 9.40. The predicted molar refractivity (Wildman–Crippen MR) is 43.1 cm³/mol. The molecule has 1 aromatic rings. The highest BCUT2D eigenvalue weighted by atomic mass is 16.4. The van der Waals surface area contributed by atoms with Gasteiger partial charge in [-0.25, -0.2) is 0 Å². The summed E-state index contributed by atoms with van der Waals surface area (Å²) in [5.74, 6) is -1.54. The maximum atomic E-state index is 11.2. The monoisotopic (exact) mass is 183 g/mol. The van der Waals surface area contributed by atoms with Crippen LogP contribution in [-0.2, 0) is 4.79 Å². The van der Waals surface area contributed by atoms with Crippen molar-refractivity contribution in [3.05, 3.63) is 18.0 Å². The van der Waals surface area contributed by atoms with Gasteiger partial charge in [-0.15, -0.1) is 0 Å². The Kier molecular flexibility index (Phi) is 2.76. The number of ketones is 1. The topological polar surface area (TPSA) is 109 Å². The number of hydrogen-bond donors (Lipinski definition) is 3. The molecule has 1 aromatic heterocycles. The molecule has 0 saturated heterocycles. The van der Waals surface area contributed by atoms with E-state index in [0.717, 1.165) is 0 Å². The molecule has 0 aliphatic carbocycles. The van der Waals surface area contributed by atoms with Crippen molar-refractivity contribution in [1.82, 2.24) is 10.2 Å². The molecule has 0 spiro atoms. The Hall–Kier alpha value is -1.69. The molecule has 0 saturated carbocycles. The number of carboxylic acids is 1. The van der Waals surface area contributed by atoms with Crippen LogP contribution in [0.3, 0.4) is 0 Å². The number of nitrogens with two attached hydrogens (primary N) is 1. The number of carbonyl (C=O) groups excluding carboxylic acids is 1. The molecule has 0 radical (unpaired) electrons. The Morgan fingerprint density at radius 3 is 2.85 bits per heavy atom.